The van der Waals surface area contributed by atoms with Crippen molar-refractivity contribution < 1.29 is 9.53 Å². The third-order valence-corrected chi connectivity index (χ3v) is 3.61. The van der Waals surface area contributed by atoms with Gasteiger partial charge in [0.05, 0.1) is 9.08 Å². The molecular formula is C12H19IN2O2S. The summed E-state index contributed by atoms with van der Waals surface area (Å²) in [4.78, 5) is 18.2. The fourth-order valence-corrected chi connectivity index (χ4v) is 2.85. The molecule has 4 nitrogen and oxygen atoms in total. The number of aromatic nitrogens is 1. The summed E-state index contributed by atoms with van der Waals surface area (Å²) in [5.74, 6) is 0. The molecule has 18 heavy (non-hydrogen) atoms. The summed E-state index contributed by atoms with van der Waals surface area (Å²) in [5.41, 5.74) is -0.881. The zero-order chi connectivity index (χ0) is 14.1. The minimum atomic E-state index is -0.509. The number of ether oxygens (including phenoxy) is 1. The number of hydrogen-bond acceptors (Lipinski definition) is 4. The molecule has 0 atom stereocenters. The van der Waals surface area contributed by atoms with Crippen molar-refractivity contribution in [2.24, 2.45) is 0 Å². The number of amides is 1. The summed E-state index contributed by atoms with van der Waals surface area (Å²) < 4.78 is 6.48. The van der Waals surface area contributed by atoms with Gasteiger partial charge >= 0.3 is 6.09 Å². The van der Waals surface area contributed by atoms with Crippen molar-refractivity contribution in [3.63, 3.8) is 0 Å². The molecule has 1 heterocycles. The minimum absolute atomic E-state index is 0.360. The van der Waals surface area contributed by atoms with Crippen LogP contribution in [-0.2, 0) is 4.74 Å². The molecule has 1 aromatic rings. The highest BCUT2D eigenvalue weighted by molar-refractivity contribution is 14.1. The lowest BCUT2D eigenvalue weighted by atomic mass is 10.1. The van der Waals surface area contributed by atoms with Gasteiger partial charge in [0, 0.05) is 5.54 Å². The molecule has 0 spiro atoms. The highest BCUT2D eigenvalue weighted by Crippen LogP contribution is 2.30. The Bertz CT molecular complexity index is 432. The first-order chi connectivity index (χ1) is 8.00. The average Bonchev–Trinajstić information content (AvgIpc) is 2.45. The van der Waals surface area contributed by atoms with E-state index in [0.717, 1.165) is 2.88 Å². The van der Waals surface area contributed by atoms with Gasteiger partial charge in [0.15, 0.2) is 5.13 Å². The first-order valence-corrected chi connectivity index (χ1v) is 7.55. The molecule has 0 saturated heterocycles. The molecule has 1 rings (SSSR count). The van der Waals surface area contributed by atoms with E-state index in [-0.39, 0.29) is 11.6 Å². The lowest BCUT2D eigenvalue weighted by molar-refractivity contribution is 0.0550. The maximum Gasteiger partial charge on any atom is 0.417 e. The predicted molar refractivity (Wildman–Crippen MR) is 83.3 cm³/mol. The molecule has 0 bridgehead atoms. The van der Waals surface area contributed by atoms with Gasteiger partial charge in [-0.3, -0.25) is 0 Å². The third-order valence-electron chi connectivity index (χ3n) is 1.90. The van der Waals surface area contributed by atoms with E-state index in [1.165, 1.54) is 11.3 Å². The Morgan fingerprint density at radius 3 is 2.22 bits per heavy atom. The van der Waals surface area contributed by atoms with Gasteiger partial charge in [-0.05, 0) is 64.1 Å². The molecule has 0 fully saturated rings. The molecule has 0 N–H and O–H groups in total. The number of nitrogens with zero attached hydrogens (tertiary/aromatic N) is 2. The van der Waals surface area contributed by atoms with Crippen LogP contribution in [0.5, 0.6) is 0 Å². The van der Waals surface area contributed by atoms with Crippen LogP contribution in [0.1, 0.15) is 41.5 Å². The molecule has 0 aromatic carbocycles. The Morgan fingerprint density at radius 1 is 1.33 bits per heavy atom. The fourth-order valence-electron chi connectivity index (χ4n) is 1.30. The van der Waals surface area contributed by atoms with Gasteiger partial charge < -0.3 is 4.74 Å². The molecule has 1 amide bonds. The normalized spacial score (nSPS) is 12.4. The topological polar surface area (TPSA) is 42.4 Å². The Kier molecular flexibility index (Phi) is 4.64. The second-order valence-electron chi connectivity index (χ2n) is 5.93. The van der Waals surface area contributed by atoms with Gasteiger partial charge in [0.1, 0.15) is 5.60 Å². The SMILES string of the molecule is CC(C)(C)OC(=O)N(c1ncc(I)s1)C(C)(C)C. The molecule has 0 radical (unpaired) electrons. The van der Waals surface area contributed by atoms with Gasteiger partial charge in [0.25, 0.3) is 0 Å². The first kappa shape index (κ1) is 15.7. The summed E-state index contributed by atoms with van der Waals surface area (Å²) >= 11 is 3.67. The molecule has 0 aliphatic rings. The number of hydrogen-bond donors (Lipinski definition) is 0. The Morgan fingerprint density at radius 2 is 1.89 bits per heavy atom. The van der Waals surface area contributed by atoms with E-state index in [1.807, 2.05) is 41.5 Å². The van der Waals surface area contributed by atoms with Gasteiger partial charge in [-0.2, -0.15) is 0 Å². The van der Waals surface area contributed by atoms with E-state index < -0.39 is 5.60 Å². The van der Waals surface area contributed by atoms with E-state index in [4.69, 9.17) is 4.74 Å². The number of thiazole rings is 1. The zero-order valence-corrected chi connectivity index (χ0v) is 14.5. The van der Waals surface area contributed by atoms with Crippen LogP contribution >= 0.6 is 33.9 Å². The Hall–Kier alpha value is -0.370. The number of rotatable bonds is 1. The van der Waals surface area contributed by atoms with Crippen LogP contribution < -0.4 is 4.90 Å². The van der Waals surface area contributed by atoms with E-state index in [1.54, 1.807) is 11.1 Å². The van der Waals surface area contributed by atoms with Gasteiger partial charge in [0.2, 0.25) is 0 Å². The van der Waals surface area contributed by atoms with Crippen LogP contribution in [0, 0.1) is 2.88 Å². The summed E-state index contributed by atoms with van der Waals surface area (Å²) in [6.45, 7) is 11.5. The smallest absolute Gasteiger partial charge is 0.417 e. The van der Waals surface area contributed by atoms with Crippen molar-refractivity contribution >= 4 is 45.2 Å². The fraction of sp³-hybridized carbons (Fsp3) is 0.667. The van der Waals surface area contributed by atoms with Crippen LogP contribution in [0.25, 0.3) is 0 Å². The van der Waals surface area contributed by atoms with Gasteiger partial charge in [-0.1, -0.05) is 11.3 Å². The first-order valence-electron chi connectivity index (χ1n) is 5.65. The zero-order valence-electron chi connectivity index (χ0n) is 11.6. The quantitative estimate of drug-likeness (QED) is 0.681. The van der Waals surface area contributed by atoms with Crippen LogP contribution in [0.3, 0.4) is 0 Å². The maximum atomic E-state index is 12.3. The molecule has 0 saturated carbocycles. The highest BCUT2D eigenvalue weighted by Gasteiger charge is 2.33. The standard InChI is InChI=1S/C12H19IN2O2S/c1-11(2,3)15(9-14-7-8(13)18-9)10(16)17-12(4,5)6/h7H,1-6H3. The highest BCUT2D eigenvalue weighted by atomic mass is 127. The predicted octanol–water partition coefficient (Wildman–Crippen LogP) is 4.29. The average molecular weight is 382 g/mol. The lowest BCUT2D eigenvalue weighted by Gasteiger charge is -2.34. The Labute approximate surface area is 126 Å². The summed E-state index contributed by atoms with van der Waals surface area (Å²) in [6.07, 6.45) is 1.39. The summed E-state index contributed by atoms with van der Waals surface area (Å²) in [5, 5.41) is 0.668. The Balaban J connectivity index is 3.04. The third kappa shape index (κ3) is 4.38. The van der Waals surface area contributed by atoms with Crippen molar-refractivity contribution in [2.45, 2.75) is 52.7 Å². The molecule has 6 heteroatoms. The molecule has 0 aliphatic heterocycles. The lowest BCUT2D eigenvalue weighted by Crippen LogP contribution is -2.48. The summed E-state index contributed by atoms with van der Waals surface area (Å²) in [6, 6.07) is 0. The molecule has 102 valence electrons. The van der Waals surface area contributed by atoms with Crippen molar-refractivity contribution in [3.8, 4) is 0 Å². The van der Waals surface area contributed by atoms with E-state index in [9.17, 15) is 4.79 Å². The second-order valence-corrected chi connectivity index (χ2v) is 8.84. The van der Waals surface area contributed by atoms with Gasteiger partial charge in [-0.15, -0.1) is 0 Å². The summed E-state index contributed by atoms with van der Waals surface area (Å²) in [7, 11) is 0. The van der Waals surface area contributed by atoms with Crippen molar-refractivity contribution in [1.29, 1.82) is 0 Å². The van der Waals surface area contributed by atoms with Crippen molar-refractivity contribution in [2.75, 3.05) is 4.90 Å². The van der Waals surface area contributed by atoms with Crippen molar-refractivity contribution in [1.82, 2.24) is 4.98 Å². The van der Waals surface area contributed by atoms with Crippen LogP contribution in [0.15, 0.2) is 6.20 Å². The van der Waals surface area contributed by atoms with E-state index in [2.05, 4.69) is 27.6 Å². The molecule has 1 aromatic heterocycles. The number of halogens is 1. The molecule has 0 aliphatic carbocycles. The monoisotopic (exact) mass is 382 g/mol. The van der Waals surface area contributed by atoms with Gasteiger partial charge in [-0.25, -0.2) is 14.7 Å². The minimum Gasteiger partial charge on any atom is -0.443 e. The van der Waals surface area contributed by atoms with Crippen molar-refractivity contribution in [3.05, 3.63) is 9.08 Å². The van der Waals surface area contributed by atoms with Crippen LogP contribution in [0.4, 0.5) is 9.93 Å². The largest absolute Gasteiger partial charge is 0.443 e. The molecular weight excluding hydrogens is 363 g/mol. The number of carbonyl (C=O) groups excluding carboxylic acids is 1. The number of anilines is 1. The molecule has 0 unspecified atom stereocenters. The van der Waals surface area contributed by atoms with Crippen LogP contribution in [-0.4, -0.2) is 22.2 Å². The number of carbonyl (C=O) groups is 1. The van der Waals surface area contributed by atoms with Crippen LogP contribution in [0.2, 0.25) is 0 Å². The maximum absolute atomic E-state index is 12.3. The second kappa shape index (κ2) is 5.32. The van der Waals surface area contributed by atoms with E-state index >= 15 is 0 Å². The van der Waals surface area contributed by atoms with E-state index in [0.29, 0.717) is 5.13 Å².